The van der Waals surface area contributed by atoms with E-state index in [0.717, 1.165) is 16.7 Å². The number of anilines is 1. The van der Waals surface area contributed by atoms with Crippen molar-refractivity contribution in [2.75, 3.05) is 5.32 Å². The highest BCUT2D eigenvalue weighted by Gasteiger charge is 2.18. The van der Waals surface area contributed by atoms with Gasteiger partial charge in [0.15, 0.2) is 0 Å². The van der Waals surface area contributed by atoms with Crippen molar-refractivity contribution in [2.24, 2.45) is 0 Å². The Morgan fingerprint density at radius 3 is 2.39 bits per heavy atom. The van der Waals surface area contributed by atoms with Crippen LogP contribution in [0.4, 0.5) is 14.5 Å². The molecule has 2 aromatic carbocycles. The Morgan fingerprint density at radius 1 is 1.11 bits per heavy atom. The summed E-state index contributed by atoms with van der Waals surface area (Å²) in [5, 5.41) is 2.69. The summed E-state index contributed by atoms with van der Waals surface area (Å²) >= 11 is 0. The lowest BCUT2D eigenvalue weighted by Crippen LogP contribution is -2.43. The molecular weight excluding hydrogens is 368 g/mol. The molecule has 1 aromatic heterocycles. The first kappa shape index (κ1) is 19.5. The minimum absolute atomic E-state index is 0.0601. The lowest BCUT2D eigenvalue weighted by Gasteiger charge is -2.17. The summed E-state index contributed by atoms with van der Waals surface area (Å²) in [7, 11) is 0. The van der Waals surface area contributed by atoms with Gasteiger partial charge in [0.25, 0.3) is 5.56 Å². The molecule has 0 bridgehead atoms. The van der Waals surface area contributed by atoms with E-state index in [1.165, 1.54) is 4.57 Å². The summed E-state index contributed by atoms with van der Waals surface area (Å²) in [5.41, 5.74) is -0.773. The van der Waals surface area contributed by atoms with Crippen LogP contribution >= 0.6 is 0 Å². The van der Waals surface area contributed by atoms with Crippen LogP contribution in [0.5, 0.6) is 0 Å². The first-order chi connectivity index (χ1) is 13.3. The summed E-state index contributed by atoms with van der Waals surface area (Å²) in [6.45, 7) is 3.19. The fraction of sp³-hybridized carbons (Fsp3) is 0.250. The van der Waals surface area contributed by atoms with Gasteiger partial charge in [0.1, 0.15) is 18.2 Å². The van der Waals surface area contributed by atoms with Crippen LogP contribution in [-0.2, 0) is 11.3 Å². The summed E-state index contributed by atoms with van der Waals surface area (Å²) in [4.78, 5) is 38.1. The van der Waals surface area contributed by atoms with Crippen LogP contribution in [0.15, 0.2) is 52.1 Å². The topological polar surface area (TPSA) is 73.1 Å². The van der Waals surface area contributed by atoms with Gasteiger partial charge in [0, 0.05) is 17.8 Å². The Bertz CT molecular complexity index is 1150. The average molecular weight is 387 g/mol. The minimum Gasteiger partial charge on any atom is -0.324 e. The van der Waals surface area contributed by atoms with Gasteiger partial charge in [-0.3, -0.25) is 18.7 Å². The van der Waals surface area contributed by atoms with Crippen molar-refractivity contribution in [2.45, 2.75) is 32.9 Å². The van der Waals surface area contributed by atoms with Gasteiger partial charge in [-0.1, -0.05) is 19.1 Å². The first-order valence-electron chi connectivity index (χ1n) is 8.81. The largest absolute Gasteiger partial charge is 0.332 e. The molecule has 0 aliphatic rings. The molecule has 3 rings (SSSR count). The Morgan fingerprint density at radius 2 is 1.75 bits per heavy atom. The van der Waals surface area contributed by atoms with Crippen molar-refractivity contribution < 1.29 is 13.6 Å². The second-order valence-corrected chi connectivity index (χ2v) is 6.52. The zero-order valence-corrected chi connectivity index (χ0v) is 15.4. The highest BCUT2D eigenvalue weighted by atomic mass is 19.1. The molecule has 0 aliphatic carbocycles. The molecule has 0 aliphatic heterocycles. The number of fused-ring (bicyclic) bond motifs is 1. The maximum atomic E-state index is 13.3. The van der Waals surface area contributed by atoms with Crippen molar-refractivity contribution in [3.63, 3.8) is 0 Å². The molecule has 146 valence electrons. The van der Waals surface area contributed by atoms with Crippen molar-refractivity contribution in [1.29, 1.82) is 0 Å². The van der Waals surface area contributed by atoms with Gasteiger partial charge in [-0.2, -0.15) is 0 Å². The van der Waals surface area contributed by atoms with E-state index in [2.05, 4.69) is 5.32 Å². The smallest absolute Gasteiger partial charge is 0.324 e. The molecule has 8 heteroatoms. The third-order valence-corrected chi connectivity index (χ3v) is 4.56. The Labute approximate surface area is 159 Å². The third-order valence-electron chi connectivity index (χ3n) is 4.56. The Balaban J connectivity index is 2.06. The number of nitrogens with one attached hydrogen (secondary N) is 1. The van der Waals surface area contributed by atoms with Gasteiger partial charge in [0.05, 0.1) is 10.9 Å². The number of hydrogen-bond acceptors (Lipinski definition) is 3. The molecule has 0 unspecified atom stereocenters. The summed E-state index contributed by atoms with van der Waals surface area (Å²) in [6.07, 6.45) is 0.558. The van der Waals surface area contributed by atoms with Gasteiger partial charge >= 0.3 is 5.69 Å². The minimum atomic E-state index is -0.830. The lowest BCUT2D eigenvalue weighted by molar-refractivity contribution is -0.116. The number of halogens is 2. The third kappa shape index (κ3) is 3.71. The molecule has 1 amide bonds. The first-order valence-corrected chi connectivity index (χ1v) is 8.81. The lowest BCUT2D eigenvalue weighted by atomic mass is 10.2. The van der Waals surface area contributed by atoms with Gasteiger partial charge in [-0.15, -0.1) is 0 Å². The molecule has 1 N–H and O–H groups in total. The summed E-state index contributed by atoms with van der Waals surface area (Å²) in [5.74, 6) is -2.31. The second kappa shape index (κ2) is 7.75. The molecule has 1 heterocycles. The molecule has 0 saturated heterocycles. The van der Waals surface area contributed by atoms with Crippen molar-refractivity contribution >= 4 is 22.5 Å². The molecule has 6 nitrogen and oxygen atoms in total. The van der Waals surface area contributed by atoms with Gasteiger partial charge < -0.3 is 5.32 Å². The molecule has 1 atom stereocenters. The van der Waals surface area contributed by atoms with Gasteiger partial charge in [-0.05, 0) is 37.6 Å². The highest BCUT2D eigenvalue weighted by Crippen LogP contribution is 2.14. The van der Waals surface area contributed by atoms with Crippen molar-refractivity contribution in [3.05, 3.63) is 74.9 Å². The van der Waals surface area contributed by atoms with Crippen LogP contribution in [0, 0.1) is 11.6 Å². The molecule has 0 radical (unpaired) electrons. The number of aromatic nitrogens is 2. The predicted molar refractivity (Wildman–Crippen MR) is 102 cm³/mol. The molecule has 0 spiro atoms. The monoisotopic (exact) mass is 387 g/mol. The van der Waals surface area contributed by atoms with E-state index < -0.39 is 35.3 Å². The number of hydrogen-bond donors (Lipinski definition) is 1. The molecular formula is C20H19F2N3O3. The van der Waals surface area contributed by atoms with E-state index in [1.807, 2.05) is 6.92 Å². The molecule has 28 heavy (non-hydrogen) atoms. The van der Waals surface area contributed by atoms with E-state index in [-0.39, 0.29) is 11.7 Å². The standard InChI is InChI=1S/C20H19F2N3O3/c1-3-12(2)25-19(27)16-6-4-5-7-17(16)24(20(25)28)11-18(26)23-15-9-13(21)8-14(22)10-15/h4-10,12H,3,11H2,1-2H3,(H,23,26)/t12-/m1/s1. The SMILES string of the molecule is CC[C@@H](C)n1c(=O)c2ccccc2n(CC(=O)Nc2cc(F)cc(F)c2)c1=O. The molecule has 3 aromatic rings. The number of carbonyl (C=O) groups excluding carboxylic acids is 1. The van der Waals surface area contributed by atoms with Crippen LogP contribution in [0.25, 0.3) is 10.9 Å². The zero-order chi connectivity index (χ0) is 20.4. The number of nitrogens with zero attached hydrogens (tertiary/aromatic N) is 2. The van der Waals surface area contributed by atoms with Crippen LogP contribution < -0.4 is 16.6 Å². The Kier molecular flexibility index (Phi) is 5.39. The van der Waals surface area contributed by atoms with Gasteiger partial charge in [-0.25, -0.2) is 13.6 Å². The zero-order valence-electron chi connectivity index (χ0n) is 15.4. The maximum absolute atomic E-state index is 13.3. The van der Waals surface area contributed by atoms with Crippen LogP contribution in [0.1, 0.15) is 26.3 Å². The van der Waals surface area contributed by atoms with Crippen LogP contribution in [0.3, 0.4) is 0 Å². The second-order valence-electron chi connectivity index (χ2n) is 6.52. The van der Waals surface area contributed by atoms with E-state index in [4.69, 9.17) is 0 Å². The number of benzene rings is 2. The van der Waals surface area contributed by atoms with Crippen molar-refractivity contribution in [1.82, 2.24) is 9.13 Å². The summed E-state index contributed by atoms with van der Waals surface area (Å²) in [6, 6.07) is 8.79. The molecule has 0 fully saturated rings. The maximum Gasteiger partial charge on any atom is 0.332 e. The molecule has 0 saturated carbocycles. The number of rotatable bonds is 5. The number of carbonyl (C=O) groups is 1. The van der Waals surface area contributed by atoms with E-state index in [9.17, 15) is 23.2 Å². The van der Waals surface area contributed by atoms with E-state index >= 15 is 0 Å². The van der Waals surface area contributed by atoms with E-state index in [1.54, 1.807) is 31.2 Å². The van der Waals surface area contributed by atoms with Crippen LogP contribution in [0.2, 0.25) is 0 Å². The van der Waals surface area contributed by atoms with Gasteiger partial charge in [0.2, 0.25) is 5.91 Å². The van der Waals surface area contributed by atoms with Crippen LogP contribution in [-0.4, -0.2) is 15.0 Å². The Hall–Kier alpha value is -3.29. The fourth-order valence-electron chi connectivity index (χ4n) is 3.03. The van der Waals surface area contributed by atoms with E-state index in [0.29, 0.717) is 23.4 Å². The number of amides is 1. The fourth-order valence-corrected chi connectivity index (χ4v) is 3.03. The summed E-state index contributed by atoms with van der Waals surface area (Å²) < 4.78 is 28.9. The number of para-hydroxylation sites is 1. The normalized spacial score (nSPS) is 12.1. The average Bonchev–Trinajstić information content (AvgIpc) is 2.64. The quantitative estimate of drug-likeness (QED) is 0.731. The predicted octanol–water partition coefficient (Wildman–Crippen LogP) is 3.05. The highest BCUT2D eigenvalue weighted by molar-refractivity contribution is 5.91. The van der Waals surface area contributed by atoms with Crippen molar-refractivity contribution in [3.8, 4) is 0 Å².